The second-order valence-corrected chi connectivity index (χ2v) is 5.04. The van der Waals surface area contributed by atoms with Crippen molar-refractivity contribution in [2.24, 2.45) is 22.4 Å². The van der Waals surface area contributed by atoms with Gasteiger partial charge in [0.15, 0.2) is 11.6 Å². The van der Waals surface area contributed by atoms with Crippen LogP contribution in [0.5, 0.6) is 0 Å². The Balaban J connectivity index is 2.49. The van der Waals surface area contributed by atoms with Crippen molar-refractivity contribution >= 4 is 23.0 Å². The first kappa shape index (κ1) is 11.4. The van der Waals surface area contributed by atoms with Crippen molar-refractivity contribution in [2.45, 2.75) is 32.4 Å². The van der Waals surface area contributed by atoms with Gasteiger partial charge in [-0.05, 0) is 24.3 Å². The maximum atomic E-state index is 6.47. The predicted molar refractivity (Wildman–Crippen MR) is 69.5 cm³/mol. The third kappa shape index (κ3) is 1.60. The molecular weight excluding hydrogens is 220 g/mol. The van der Waals surface area contributed by atoms with Crippen molar-refractivity contribution in [3.8, 4) is 0 Å². The lowest BCUT2D eigenvalue weighted by atomic mass is 9.86. The van der Waals surface area contributed by atoms with Gasteiger partial charge in [-0.15, -0.1) is 11.3 Å². The van der Waals surface area contributed by atoms with Crippen LogP contribution in [-0.4, -0.2) is 5.96 Å². The minimum Gasteiger partial charge on any atom is -0.370 e. The Morgan fingerprint density at radius 1 is 1.50 bits per heavy atom. The first-order valence-electron chi connectivity index (χ1n) is 5.61. The molecule has 2 rings (SSSR count). The average Bonchev–Trinajstić information content (AvgIpc) is 2.67. The number of rotatable bonds is 3. The van der Waals surface area contributed by atoms with Crippen molar-refractivity contribution < 1.29 is 0 Å². The smallest absolute Gasteiger partial charge is 0.195 e. The fourth-order valence-electron chi connectivity index (χ4n) is 2.32. The summed E-state index contributed by atoms with van der Waals surface area (Å²) in [7, 11) is 0. The first-order valence-corrected chi connectivity index (χ1v) is 6.49. The summed E-state index contributed by atoms with van der Waals surface area (Å²) >= 11 is 1.64. The predicted octanol–water partition coefficient (Wildman–Crippen LogP) is 2.04. The van der Waals surface area contributed by atoms with Gasteiger partial charge in [-0.3, -0.25) is 0 Å². The summed E-state index contributed by atoms with van der Waals surface area (Å²) in [5, 5.41) is 5.08. The van der Waals surface area contributed by atoms with E-state index in [4.69, 9.17) is 11.5 Å². The van der Waals surface area contributed by atoms with Crippen molar-refractivity contribution in [1.82, 2.24) is 0 Å². The highest BCUT2D eigenvalue weighted by Gasteiger charge is 2.40. The summed E-state index contributed by atoms with van der Waals surface area (Å²) in [5.74, 6) is 0.742. The number of thiophene rings is 1. The molecule has 0 saturated carbocycles. The van der Waals surface area contributed by atoms with Gasteiger partial charge in [0.25, 0.3) is 0 Å². The number of aliphatic imine (C=N–C) groups is 1. The molecular formula is C11H18N4S. The molecule has 5 N–H and O–H groups in total. The molecule has 4 nitrogen and oxygen atoms in total. The summed E-state index contributed by atoms with van der Waals surface area (Å²) in [4.78, 5) is 5.53. The zero-order valence-corrected chi connectivity index (χ0v) is 10.5. The number of nitrogens with zero attached hydrogens (tertiary/aromatic N) is 1. The van der Waals surface area contributed by atoms with E-state index in [9.17, 15) is 0 Å². The van der Waals surface area contributed by atoms with E-state index in [1.807, 2.05) is 11.4 Å². The van der Waals surface area contributed by atoms with Crippen LogP contribution in [0, 0.1) is 5.92 Å². The topological polar surface area (TPSA) is 76.4 Å². The number of fused-ring (bicyclic) bond motifs is 1. The molecule has 1 aromatic rings. The Morgan fingerprint density at radius 3 is 2.81 bits per heavy atom. The Bertz CT molecular complexity index is 408. The number of hydrogen-bond acceptors (Lipinski definition) is 5. The van der Waals surface area contributed by atoms with E-state index in [0.717, 1.165) is 23.4 Å². The van der Waals surface area contributed by atoms with E-state index in [2.05, 4.69) is 24.2 Å². The van der Waals surface area contributed by atoms with Crippen LogP contribution < -0.4 is 16.8 Å². The van der Waals surface area contributed by atoms with Gasteiger partial charge < -0.3 is 16.8 Å². The highest BCUT2D eigenvalue weighted by molar-refractivity contribution is 7.10. The molecule has 1 aliphatic rings. The van der Waals surface area contributed by atoms with Crippen LogP contribution in [0.2, 0.25) is 0 Å². The molecule has 1 atom stereocenters. The van der Waals surface area contributed by atoms with Crippen LogP contribution in [0.4, 0.5) is 5.69 Å². The molecule has 0 fully saturated rings. The second kappa shape index (κ2) is 4.07. The SMILES string of the molecule is CCC(CC)C1(N)N=C(N)Nc2ccsc21. The van der Waals surface area contributed by atoms with E-state index in [1.54, 1.807) is 11.3 Å². The zero-order chi connectivity index (χ0) is 11.8. The van der Waals surface area contributed by atoms with E-state index >= 15 is 0 Å². The Kier molecular flexibility index (Phi) is 2.90. The maximum Gasteiger partial charge on any atom is 0.195 e. The fraction of sp³-hybridized carbons (Fsp3) is 0.545. The third-order valence-corrected chi connectivity index (χ3v) is 4.26. The van der Waals surface area contributed by atoms with E-state index in [-0.39, 0.29) is 0 Å². The van der Waals surface area contributed by atoms with Crippen LogP contribution in [0.15, 0.2) is 16.4 Å². The molecule has 1 aliphatic heterocycles. The van der Waals surface area contributed by atoms with Crippen LogP contribution >= 0.6 is 11.3 Å². The molecule has 0 saturated heterocycles. The van der Waals surface area contributed by atoms with Crippen molar-refractivity contribution in [3.05, 3.63) is 16.3 Å². The summed E-state index contributed by atoms with van der Waals surface area (Å²) in [6.45, 7) is 4.29. The number of guanidine groups is 1. The lowest BCUT2D eigenvalue weighted by molar-refractivity contribution is 0.273. The van der Waals surface area contributed by atoms with Gasteiger partial charge in [-0.2, -0.15) is 0 Å². The van der Waals surface area contributed by atoms with E-state index in [1.165, 1.54) is 0 Å². The third-order valence-electron chi connectivity index (χ3n) is 3.21. The lowest BCUT2D eigenvalue weighted by Crippen LogP contribution is -2.47. The molecule has 0 spiro atoms. The van der Waals surface area contributed by atoms with Gasteiger partial charge >= 0.3 is 0 Å². The molecule has 2 heterocycles. The standard InChI is InChI=1S/C11H18N4S/c1-3-7(4-2)11(13)9-8(5-6-16-9)14-10(12)15-11/h5-7H,3-4,13H2,1-2H3,(H3,12,14,15). The first-order chi connectivity index (χ1) is 7.61. The van der Waals surface area contributed by atoms with Crippen LogP contribution in [-0.2, 0) is 5.66 Å². The molecule has 1 aromatic heterocycles. The van der Waals surface area contributed by atoms with Crippen molar-refractivity contribution in [1.29, 1.82) is 0 Å². The Morgan fingerprint density at radius 2 is 2.19 bits per heavy atom. The van der Waals surface area contributed by atoms with E-state index < -0.39 is 5.66 Å². The van der Waals surface area contributed by atoms with Crippen molar-refractivity contribution in [3.63, 3.8) is 0 Å². The summed E-state index contributed by atoms with van der Waals surface area (Å²) < 4.78 is 0. The Labute approximate surface area is 99.7 Å². The zero-order valence-electron chi connectivity index (χ0n) is 9.66. The Hall–Kier alpha value is -1.07. The van der Waals surface area contributed by atoms with Gasteiger partial charge in [0, 0.05) is 5.92 Å². The van der Waals surface area contributed by atoms with Gasteiger partial charge in [0.2, 0.25) is 0 Å². The van der Waals surface area contributed by atoms with Gasteiger partial charge in [0.1, 0.15) is 0 Å². The second-order valence-electron chi connectivity index (χ2n) is 4.12. The van der Waals surface area contributed by atoms with E-state index in [0.29, 0.717) is 11.9 Å². The molecule has 0 aliphatic carbocycles. The molecule has 16 heavy (non-hydrogen) atoms. The minimum atomic E-state index is -0.650. The molecule has 1 unspecified atom stereocenters. The van der Waals surface area contributed by atoms with Gasteiger partial charge in [0.05, 0.1) is 10.6 Å². The average molecular weight is 238 g/mol. The summed E-state index contributed by atoms with van der Waals surface area (Å²) in [6.07, 6.45) is 2.00. The van der Waals surface area contributed by atoms with Crippen LogP contribution in [0.3, 0.4) is 0 Å². The summed E-state index contributed by atoms with van der Waals surface area (Å²) in [5.41, 5.74) is 12.6. The summed E-state index contributed by atoms with van der Waals surface area (Å²) in [6, 6.07) is 2.01. The van der Waals surface area contributed by atoms with Gasteiger partial charge in [-0.1, -0.05) is 13.8 Å². The molecule has 88 valence electrons. The highest BCUT2D eigenvalue weighted by Crippen LogP contribution is 2.42. The quantitative estimate of drug-likeness (QED) is 0.754. The molecule has 0 aromatic carbocycles. The van der Waals surface area contributed by atoms with Gasteiger partial charge in [-0.25, -0.2) is 4.99 Å². The maximum absolute atomic E-state index is 6.47. The largest absolute Gasteiger partial charge is 0.370 e. The molecule has 5 heteroatoms. The number of hydrogen-bond donors (Lipinski definition) is 3. The number of nitrogens with two attached hydrogens (primary N) is 2. The van der Waals surface area contributed by atoms with Crippen LogP contribution in [0.1, 0.15) is 31.6 Å². The highest BCUT2D eigenvalue weighted by atomic mass is 32.1. The molecule has 0 bridgehead atoms. The molecule has 0 amide bonds. The number of anilines is 1. The number of nitrogens with one attached hydrogen (secondary N) is 1. The lowest BCUT2D eigenvalue weighted by Gasteiger charge is -2.36. The molecule has 0 radical (unpaired) electrons. The van der Waals surface area contributed by atoms with Crippen LogP contribution in [0.25, 0.3) is 0 Å². The normalized spacial score (nSPS) is 23.9. The fourth-order valence-corrected chi connectivity index (χ4v) is 3.31. The van der Waals surface area contributed by atoms with Crippen molar-refractivity contribution in [2.75, 3.05) is 5.32 Å². The monoisotopic (exact) mass is 238 g/mol. The minimum absolute atomic E-state index is 0.325.